The third-order valence-corrected chi connectivity index (χ3v) is 6.00. The molecular formula is C24H25N3O5. The number of hydrogen-bond donors (Lipinski definition) is 1. The number of hydrogen-bond acceptors (Lipinski definition) is 5. The lowest BCUT2D eigenvalue weighted by Gasteiger charge is -2.31. The van der Waals surface area contributed by atoms with Crippen LogP contribution in [0.3, 0.4) is 0 Å². The van der Waals surface area contributed by atoms with Gasteiger partial charge in [0.1, 0.15) is 6.54 Å². The zero-order chi connectivity index (χ0) is 23.0. The summed E-state index contributed by atoms with van der Waals surface area (Å²) in [6.07, 6.45) is -1.06. The van der Waals surface area contributed by atoms with Crippen molar-refractivity contribution in [2.45, 2.75) is 33.3 Å². The molecule has 8 heteroatoms. The SMILES string of the molecule is Cc1cccc(N2CC(C(=O)OC(C)C(=O)N3CC(=O)Nc4ccccc43)CC2=O)c1C. The first-order valence-corrected chi connectivity index (χ1v) is 10.5. The smallest absolute Gasteiger partial charge is 0.312 e. The van der Waals surface area contributed by atoms with E-state index in [1.165, 1.54) is 11.8 Å². The van der Waals surface area contributed by atoms with Crippen molar-refractivity contribution >= 4 is 40.8 Å². The van der Waals surface area contributed by atoms with Crippen LogP contribution in [0.15, 0.2) is 42.5 Å². The molecule has 3 amide bonds. The van der Waals surface area contributed by atoms with Gasteiger partial charge in [-0.25, -0.2) is 0 Å². The maximum Gasteiger partial charge on any atom is 0.312 e. The molecule has 0 aromatic heterocycles. The van der Waals surface area contributed by atoms with Crippen LogP contribution in [0.1, 0.15) is 24.5 Å². The lowest BCUT2D eigenvalue weighted by atomic mass is 10.1. The highest BCUT2D eigenvalue weighted by Crippen LogP contribution is 2.31. The first-order chi connectivity index (χ1) is 15.3. The number of anilines is 3. The van der Waals surface area contributed by atoms with Crippen LogP contribution in [0.4, 0.5) is 17.1 Å². The van der Waals surface area contributed by atoms with Gasteiger partial charge in [0.15, 0.2) is 6.10 Å². The molecule has 2 aromatic rings. The Bertz CT molecular complexity index is 1110. The van der Waals surface area contributed by atoms with E-state index in [-0.39, 0.29) is 31.3 Å². The van der Waals surface area contributed by atoms with Crippen LogP contribution in [0, 0.1) is 19.8 Å². The summed E-state index contributed by atoms with van der Waals surface area (Å²) < 4.78 is 5.45. The second-order valence-electron chi connectivity index (χ2n) is 8.19. The van der Waals surface area contributed by atoms with E-state index in [4.69, 9.17) is 4.74 Å². The molecule has 1 fully saturated rings. The molecule has 2 unspecified atom stereocenters. The average molecular weight is 435 g/mol. The van der Waals surface area contributed by atoms with Crippen molar-refractivity contribution in [3.63, 3.8) is 0 Å². The molecule has 0 spiro atoms. The van der Waals surface area contributed by atoms with E-state index in [9.17, 15) is 19.2 Å². The Balaban J connectivity index is 1.44. The fourth-order valence-electron chi connectivity index (χ4n) is 4.10. The summed E-state index contributed by atoms with van der Waals surface area (Å²) in [7, 11) is 0. The summed E-state index contributed by atoms with van der Waals surface area (Å²) >= 11 is 0. The van der Waals surface area contributed by atoms with Gasteiger partial charge in [-0.2, -0.15) is 0 Å². The third kappa shape index (κ3) is 3.95. The van der Waals surface area contributed by atoms with E-state index < -0.39 is 23.9 Å². The monoisotopic (exact) mass is 435 g/mol. The standard InChI is InChI=1S/C24H25N3O5/c1-14-7-6-10-19(15(14)2)26-12-17(11-22(26)29)24(31)32-16(3)23(30)27-13-21(28)25-18-8-4-5-9-20(18)27/h4-10,16-17H,11-13H2,1-3H3,(H,25,28). The van der Waals surface area contributed by atoms with Crippen molar-refractivity contribution in [3.8, 4) is 0 Å². The summed E-state index contributed by atoms with van der Waals surface area (Å²) in [6.45, 7) is 5.45. The number of carbonyl (C=O) groups is 4. The molecule has 2 aliphatic heterocycles. The quantitative estimate of drug-likeness (QED) is 0.745. The number of nitrogens with one attached hydrogen (secondary N) is 1. The molecule has 4 rings (SSSR count). The minimum atomic E-state index is -1.09. The molecule has 0 saturated carbocycles. The summed E-state index contributed by atoms with van der Waals surface area (Å²) in [5.41, 5.74) is 3.91. The van der Waals surface area contributed by atoms with Gasteiger partial charge in [-0.15, -0.1) is 0 Å². The van der Waals surface area contributed by atoms with Gasteiger partial charge >= 0.3 is 5.97 Å². The van der Waals surface area contributed by atoms with Gasteiger partial charge in [-0.1, -0.05) is 24.3 Å². The van der Waals surface area contributed by atoms with E-state index in [2.05, 4.69) is 5.32 Å². The number of benzene rings is 2. The third-order valence-electron chi connectivity index (χ3n) is 6.00. The molecule has 0 aliphatic carbocycles. The van der Waals surface area contributed by atoms with Crippen LogP contribution >= 0.6 is 0 Å². The topological polar surface area (TPSA) is 96.0 Å². The van der Waals surface area contributed by atoms with Crippen LogP contribution in [0.2, 0.25) is 0 Å². The van der Waals surface area contributed by atoms with E-state index >= 15 is 0 Å². The van der Waals surface area contributed by atoms with E-state index in [0.717, 1.165) is 16.8 Å². The van der Waals surface area contributed by atoms with Gasteiger partial charge in [0, 0.05) is 18.7 Å². The fourth-order valence-corrected chi connectivity index (χ4v) is 4.10. The van der Waals surface area contributed by atoms with Crippen molar-refractivity contribution in [1.82, 2.24) is 0 Å². The zero-order valence-corrected chi connectivity index (χ0v) is 18.3. The van der Waals surface area contributed by atoms with Crippen LogP contribution in [-0.4, -0.2) is 42.9 Å². The van der Waals surface area contributed by atoms with Crippen molar-refractivity contribution < 1.29 is 23.9 Å². The minimum absolute atomic E-state index is 0.0298. The minimum Gasteiger partial charge on any atom is -0.452 e. The Labute approximate surface area is 186 Å². The van der Waals surface area contributed by atoms with Gasteiger partial charge in [-0.05, 0) is 50.1 Å². The van der Waals surface area contributed by atoms with Crippen molar-refractivity contribution in [3.05, 3.63) is 53.6 Å². The molecule has 0 bridgehead atoms. The van der Waals surface area contributed by atoms with Gasteiger partial charge in [-0.3, -0.25) is 24.1 Å². The predicted octanol–water partition coefficient (Wildman–Crippen LogP) is 2.57. The highest BCUT2D eigenvalue weighted by atomic mass is 16.5. The number of para-hydroxylation sites is 2. The molecular weight excluding hydrogens is 410 g/mol. The molecule has 2 heterocycles. The number of aryl methyl sites for hydroxylation is 1. The molecule has 1 N–H and O–H groups in total. The van der Waals surface area contributed by atoms with Gasteiger partial charge in [0.25, 0.3) is 5.91 Å². The predicted molar refractivity (Wildman–Crippen MR) is 119 cm³/mol. The molecule has 8 nitrogen and oxygen atoms in total. The maximum atomic E-state index is 13.0. The Morgan fingerprint density at radius 3 is 2.56 bits per heavy atom. The zero-order valence-electron chi connectivity index (χ0n) is 18.3. The van der Waals surface area contributed by atoms with Crippen LogP contribution in [0.5, 0.6) is 0 Å². The van der Waals surface area contributed by atoms with Crippen LogP contribution < -0.4 is 15.1 Å². The fraction of sp³-hybridized carbons (Fsp3) is 0.333. The van der Waals surface area contributed by atoms with Crippen LogP contribution in [0.25, 0.3) is 0 Å². The molecule has 0 radical (unpaired) electrons. The second-order valence-corrected chi connectivity index (χ2v) is 8.19. The van der Waals surface area contributed by atoms with Crippen molar-refractivity contribution in [2.75, 3.05) is 28.2 Å². The normalized spacial score (nSPS) is 18.8. The first-order valence-electron chi connectivity index (χ1n) is 10.5. The van der Waals surface area contributed by atoms with Gasteiger partial charge in [0.2, 0.25) is 11.8 Å². The van der Waals surface area contributed by atoms with Gasteiger partial charge in [0.05, 0.1) is 17.3 Å². The maximum absolute atomic E-state index is 13.0. The second kappa shape index (κ2) is 8.45. The van der Waals surface area contributed by atoms with E-state index in [0.29, 0.717) is 11.4 Å². The molecule has 32 heavy (non-hydrogen) atoms. The van der Waals surface area contributed by atoms with Crippen molar-refractivity contribution in [1.29, 1.82) is 0 Å². The highest BCUT2D eigenvalue weighted by molar-refractivity contribution is 6.11. The first kappa shape index (κ1) is 21.5. The number of esters is 1. The highest BCUT2D eigenvalue weighted by Gasteiger charge is 2.39. The summed E-state index contributed by atoms with van der Waals surface area (Å²) in [4.78, 5) is 53.3. The molecule has 166 valence electrons. The van der Waals surface area contributed by atoms with Gasteiger partial charge < -0.3 is 15.0 Å². The number of nitrogens with zero attached hydrogens (tertiary/aromatic N) is 2. The molecule has 1 saturated heterocycles. The Hall–Kier alpha value is -3.68. The van der Waals surface area contributed by atoms with E-state index in [1.807, 2.05) is 32.0 Å². The average Bonchev–Trinajstić information content (AvgIpc) is 3.16. The largest absolute Gasteiger partial charge is 0.452 e. The number of fused-ring (bicyclic) bond motifs is 1. The lowest BCUT2D eigenvalue weighted by molar-refractivity contribution is -0.157. The number of amides is 3. The Morgan fingerprint density at radius 2 is 1.78 bits per heavy atom. The summed E-state index contributed by atoms with van der Waals surface area (Å²) in [5, 5.41) is 2.72. The summed E-state index contributed by atoms with van der Waals surface area (Å²) in [5.74, 6) is -2.21. The lowest BCUT2D eigenvalue weighted by Crippen LogP contribution is -2.47. The number of carbonyl (C=O) groups excluding carboxylic acids is 4. The molecule has 2 aliphatic rings. The van der Waals surface area contributed by atoms with Crippen molar-refractivity contribution in [2.24, 2.45) is 5.92 Å². The summed E-state index contributed by atoms with van der Waals surface area (Å²) in [6, 6.07) is 12.7. The number of rotatable bonds is 4. The Kier molecular flexibility index (Phi) is 5.69. The Morgan fingerprint density at radius 1 is 1.06 bits per heavy atom. The van der Waals surface area contributed by atoms with E-state index in [1.54, 1.807) is 29.2 Å². The molecule has 2 aromatic carbocycles. The van der Waals surface area contributed by atoms with Crippen LogP contribution in [-0.2, 0) is 23.9 Å². The number of ether oxygens (including phenoxy) is 1. The molecule has 2 atom stereocenters.